The summed E-state index contributed by atoms with van der Waals surface area (Å²) in [5, 5.41) is 14.8. The second-order valence-electron chi connectivity index (χ2n) is 3.55. The first-order valence-electron chi connectivity index (χ1n) is 4.93. The summed E-state index contributed by atoms with van der Waals surface area (Å²) in [5.74, 6) is 0.247. The predicted octanol–water partition coefficient (Wildman–Crippen LogP) is 2.00. The second-order valence-corrected chi connectivity index (χ2v) is 3.55. The first kappa shape index (κ1) is 11.1. The Morgan fingerprint density at radius 2 is 2.18 bits per heavy atom. The fraction of sp³-hybridized carbons (Fsp3) is 0.182. The van der Waals surface area contributed by atoms with Crippen LogP contribution in [0.4, 0.5) is 5.69 Å². The lowest BCUT2D eigenvalue weighted by Gasteiger charge is -2.03. The van der Waals surface area contributed by atoms with E-state index in [1.807, 2.05) is 13.2 Å². The van der Waals surface area contributed by atoms with Gasteiger partial charge >= 0.3 is 5.69 Å². The third-order valence-corrected chi connectivity index (χ3v) is 2.41. The molecule has 1 aromatic carbocycles. The van der Waals surface area contributed by atoms with Crippen molar-refractivity contribution in [2.75, 3.05) is 7.11 Å². The van der Waals surface area contributed by atoms with Gasteiger partial charge in [0.25, 0.3) is 0 Å². The summed E-state index contributed by atoms with van der Waals surface area (Å²) in [5.41, 5.74) is 1.68. The predicted molar refractivity (Wildman–Crippen MR) is 61.9 cm³/mol. The lowest BCUT2D eigenvalue weighted by atomic mass is 10.1. The molecule has 6 heteroatoms. The number of nitrogens with zero attached hydrogens (tertiary/aromatic N) is 3. The summed E-state index contributed by atoms with van der Waals surface area (Å²) in [6.45, 7) is 0. The van der Waals surface area contributed by atoms with Crippen molar-refractivity contribution in [1.29, 1.82) is 0 Å². The Labute approximate surface area is 97.6 Å². The van der Waals surface area contributed by atoms with Gasteiger partial charge in [-0.25, -0.2) is 0 Å². The van der Waals surface area contributed by atoms with E-state index in [2.05, 4.69) is 5.10 Å². The van der Waals surface area contributed by atoms with Gasteiger partial charge in [-0.1, -0.05) is 0 Å². The maximum atomic E-state index is 10.7. The highest BCUT2D eigenvalue weighted by atomic mass is 16.6. The average molecular weight is 233 g/mol. The Balaban J connectivity index is 2.48. The molecule has 0 radical (unpaired) electrons. The van der Waals surface area contributed by atoms with Crippen molar-refractivity contribution < 1.29 is 9.66 Å². The van der Waals surface area contributed by atoms with Crippen molar-refractivity contribution in [3.8, 4) is 16.9 Å². The molecule has 0 aliphatic carbocycles. The van der Waals surface area contributed by atoms with Crippen molar-refractivity contribution in [3.63, 3.8) is 0 Å². The third-order valence-electron chi connectivity index (χ3n) is 2.41. The summed E-state index contributed by atoms with van der Waals surface area (Å²) in [6.07, 6.45) is 3.53. The van der Waals surface area contributed by atoms with Crippen LogP contribution >= 0.6 is 0 Å². The molecule has 0 saturated carbocycles. The van der Waals surface area contributed by atoms with Gasteiger partial charge in [0, 0.05) is 24.9 Å². The number of hydrogen-bond acceptors (Lipinski definition) is 4. The zero-order chi connectivity index (χ0) is 12.4. The SMILES string of the molecule is COc1cc(-c2cnn(C)c2)ccc1[N+](=O)[O-]. The largest absolute Gasteiger partial charge is 0.490 e. The van der Waals surface area contributed by atoms with E-state index in [1.54, 1.807) is 23.0 Å². The van der Waals surface area contributed by atoms with E-state index in [0.717, 1.165) is 11.1 Å². The van der Waals surface area contributed by atoms with E-state index in [4.69, 9.17) is 4.74 Å². The Hall–Kier alpha value is -2.37. The first-order chi connectivity index (χ1) is 8.11. The van der Waals surface area contributed by atoms with Crippen LogP contribution in [0.5, 0.6) is 5.75 Å². The maximum absolute atomic E-state index is 10.7. The van der Waals surface area contributed by atoms with Gasteiger partial charge in [-0.2, -0.15) is 5.10 Å². The molecule has 17 heavy (non-hydrogen) atoms. The van der Waals surface area contributed by atoms with Gasteiger partial charge < -0.3 is 4.74 Å². The van der Waals surface area contributed by atoms with Crippen LogP contribution in [-0.4, -0.2) is 21.8 Å². The van der Waals surface area contributed by atoms with Gasteiger partial charge in [-0.05, 0) is 17.7 Å². The molecule has 0 saturated heterocycles. The Morgan fingerprint density at radius 3 is 2.71 bits per heavy atom. The summed E-state index contributed by atoms with van der Waals surface area (Å²) in [4.78, 5) is 10.3. The summed E-state index contributed by atoms with van der Waals surface area (Å²) in [7, 11) is 3.22. The van der Waals surface area contributed by atoms with E-state index in [0.29, 0.717) is 0 Å². The third kappa shape index (κ3) is 2.10. The van der Waals surface area contributed by atoms with E-state index >= 15 is 0 Å². The summed E-state index contributed by atoms with van der Waals surface area (Å²) in [6, 6.07) is 4.74. The monoisotopic (exact) mass is 233 g/mol. The summed E-state index contributed by atoms with van der Waals surface area (Å²) < 4.78 is 6.68. The molecule has 0 aliphatic rings. The molecule has 0 spiro atoms. The molecule has 1 heterocycles. The molecule has 0 bridgehead atoms. The molecule has 0 N–H and O–H groups in total. The van der Waals surface area contributed by atoms with Crippen molar-refractivity contribution >= 4 is 5.69 Å². The number of hydrogen-bond donors (Lipinski definition) is 0. The minimum atomic E-state index is -0.466. The number of methoxy groups -OCH3 is 1. The molecule has 2 rings (SSSR count). The lowest BCUT2D eigenvalue weighted by molar-refractivity contribution is -0.385. The lowest BCUT2D eigenvalue weighted by Crippen LogP contribution is -1.93. The van der Waals surface area contributed by atoms with Gasteiger partial charge in [0.2, 0.25) is 0 Å². The first-order valence-corrected chi connectivity index (χ1v) is 4.93. The van der Waals surface area contributed by atoms with Crippen LogP contribution in [-0.2, 0) is 7.05 Å². The molecular formula is C11H11N3O3. The van der Waals surface area contributed by atoms with Gasteiger partial charge in [0.05, 0.1) is 18.2 Å². The number of aromatic nitrogens is 2. The standard InChI is InChI=1S/C11H11N3O3/c1-13-7-9(6-12-13)8-3-4-10(14(15)16)11(5-8)17-2/h3-7H,1-2H3. The van der Waals surface area contributed by atoms with Crippen molar-refractivity contribution in [2.24, 2.45) is 7.05 Å². The smallest absolute Gasteiger partial charge is 0.310 e. The zero-order valence-corrected chi connectivity index (χ0v) is 9.45. The van der Waals surface area contributed by atoms with Crippen LogP contribution in [0.25, 0.3) is 11.1 Å². The fourth-order valence-electron chi connectivity index (χ4n) is 1.58. The highest BCUT2D eigenvalue weighted by Gasteiger charge is 2.15. The van der Waals surface area contributed by atoms with Crippen molar-refractivity contribution in [3.05, 3.63) is 40.7 Å². The minimum absolute atomic E-state index is 0.0415. The number of aryl methyl sites for hydroxylation is 1. The Bertz CT molecular complexity index is 563. The van der Waals surface area contributed by atoms with E-state index in [1.165, 1.54) is 13.2 Å². The second kappa shape index (κ2) is 4.25. The van der Waals surface area contributed by atoms with Crippen LogP contribution in [0.3, 0.4) is 0 Å². The molecule has 6 nitrogen and oxygen atoms in total. The minimum Gasteiger partial charge on any atom is -0.490 e. The molecule has 0 amide bonds. The van der Waals surface area contributed by atoms with Gasteiger partial charge in [0.1, 0.15) is 0 Å². The van der Waals surface area contributed by atoms with Crippen LogP contribution in [0.1, 0.15) is 0 Å². The highest BCUT2D eigenvalue weighted by Crippen LogP contribution is 2.31. The van der Waals surface area contributed by atoms with Crippen molar-refractivity contribution in [2.45, 2.75) is 0 Å². The zero-order valence-electron chi connectivity index (χ0n) is 9.45. The normalized spacial score (nSPS) is 10.2. The Kier molecular flexibility index (Phi) is 2.78. The number of rotatable bonds is 3. The average Bonchev–Trinajstić information content (AvgIpc) is 2.75. The molecule has 0 atom stereocenters. The molecule has 1 aromatic heterocycles. The van der Waals surface area contributed by atoms with Crippen LogP contribution in [0.15, 0.2) is 30.6 Å². The number of nitro groups is 1. The highest BCUT2D eigenvalue weighted by molar-refractivity contribution is 5.67. The molecule has 88 valence electrons. The topological polar surface area (TPSA) is 70.2 Å². The van der Waals surface area contributed by atoms with Crippen LogP contribution in [0, 0.1) is 10.1 Å². The van der Waals surface area contributed by atoms with E-state index in [9.17, 15) is 10.1 Å². The quantitative estimate of drug-likeness (QED) is 0.600. The molecule has 0 aliphatic heterocycles. The molecule has 0 fully saturated rings. The number of nitro benzene ring substituents is 1. The Morgan fingerprint density at radius 1 is 1.41 bits per heavy atom. The van der Waals surface area contributed by atoms with Gasteiger partial charge in [-0.15, -0.1) is 0 Å². The van der Waals surface area contributed by atoms with Crippen molar-refractivity contribution in [1.82, 2.24) is 9.78 Å². The maximum Gasteiger partial charge on any atom is 0.310 e. The van der Waals surface area contributed by atoms with Crippen LogP contribution in [0.2, 0.25) is 0 Å². The van der Waals surface area contributed by atoms with Crippen LogP contribution < -0.4 is 4.74 Å². The fourth-order valence-corrected chi connectivity index (χ4v) is 1.58. The number of benzene rings is 1. The molecule has 0 unspecified atom stereocenters. The molecule has 2 aromatic rings. The van der Waals surface area contributed by atoms with Gasteiger partial charge in [-0.3, -0.25) is 14.8 Å². The summed E-state index contributed by atoms with van der Waals surface area (Å²) >= 11 is 0. The van der Waals surface area contributed by atoms with E-state index < -0.39 is 4.92 Å². The molecular weight excluding hydrogens is 222 g/mol. The van der Waals surface area contributed by atoms with E-state index in [-0.39, 0.29) is 11.4 Å². The van der Waals surface area contributed by atoms with Gasteiger partial charge in [0.15, 0.2) is 5.75 Å². The number of ether oxygens (including phenoxy) is 1.